The fourth-order valence-electron chi connectivity index (χ4n) is 2.53. The summed E-state index contributed by atoms with van der Waals surface area (Å²) in [6.45, 7) is 0. The summed E-state index contributed by atoms with van der Waals surface area (Å²) >= 11 is 0. The molecule has 0 amide bonds. The first kappa shape index (κ1) is 15.6. The Morgan fingerprint density at radius 1 is 0.917 bits per heavy atom. The number of benzene rings is 3. The summed E-state index contributed by atoms with van der Waals surface area (Å²) in [5.74, 6) is 0.699. The second-order valence-electron chi connectivity index (χ2n) is 5.18. The van der Waals surface area contributed by atoms with E-state index in [9.17, 15) is 10.1 Å². The van der Waals surface area contributed by atoms with E-state index in [0.29, 0.717) is 5.75 Å². The second-order valence-corrected chi connectivity index (χ2v) is 5.18. The maximum Gasteiger partial charge on any atom is 0.269 e. The molecule has 0 fully saturated rings. The molecule has 0 heterocycles. The SMILES string of the molecule is COc1cccc(Nc2ccccc2)c1-c1ccc([N+](=O)[O-])cc1. The zero-order valence-electron chi connectivity index (χ0n) is 13.1. The van der Waals surface area contributed by atoms with Crippen LogP contribution in [0.4, 0.5) is 17.1 Å². The number of methoxy groups -OCH3 is 1. The summed E-state index contributed by atoms with van der Waals surface area (Å²) in [6, 6.07) is 22.0. The van der Waals surface area contributed by atoms with Crippen LogP contribution in [0.1, 0.15) is 0 Å². The number of nitrogens with zero attached hydrogens (tertiary/aromatic N) is 1. The summed E-state index contributed by atoms with van der Waals surface area (Å²) in [5, 5.41) is 14.2. The first-order valence-electron chi connectivity index (χ1n) is 7.43. The van der Waals surface area contributed by atoms with Crippen LogP contribution in [0, 0.1) is 10.1 Å². The van der Waals surface area contributed by atoms with E-state index in [2.05, 4.69) is 5.32 Å². The van der Waals surface area contributed by atoms with Gasteiger partial charge in [-0.15, -0.1) is 0 Å². The number of anilines is 2. The van der Waals surface area contributed by atoms with Crippen molar-refractivity contribution < 1.29 is 9.66 Å². The molecule has 0 aliphatic carbocycles. The molecule has 0 saturated heterocycles. The Kier molecular flexibility index (Phi) is 4.43. The zero-order valence-corrected chi connectivity index (χ0v) is 13.1. The number of non-ortho nitro benzene ring substituents is 1. The minimum absolute atomic E-state index is 0.0613. The highest BCUT2D eigenvalue weighted by atomic mass is 16.6. The molecule has 1 N–H and O–H groups in total. The number of nitrogens with one attached hydrogen (secondary N) is 1. The van der Waals surface area contributed by atoms with Crippen LogP contribution in [0.5, 0.6) is 5.75 Å². The maximum atomic E-state index is 10.8. The van der Waals surface area contributed by atoms with Gasteiger partial charge in [0.05, 0.1) is 17.7 Å². The van der Waals surface area contributed by atoms with Crippen molar-refractivity contribution in [3.8, 4) is 16.9 Å². The number of hydrogen-bond acceptors (Lipinski definition) is 4. The Bertz CT molecular complexity index is 846. The van der Waals surface area contributed by atoms with Gasteiger partial charge in [0.15, 0.2) is 0 Å². The summed E-state index contributed by atoms with van der Waals surface area (Å²) in [4.78, 5) is 10.4. The van der Waals surface area contributed by atoms with Crippen LogP contribution >= 0.6 is 0 Å². The molecule has 0 aliphatic rings. The van der Waals surface area contributed by atoms with Crippen LogP contribution in [0.25, 0.3) is 11.1 Å². The van der Waals surface area contributed by atoms with E-state index in [1.165, 1.54) is 12.1 Å². The minimum Gasteiger partial charge on any atom is -0.496 e. The molecule has 0 radical (unpaired) electrons. The first-order valence-corrected chi connectivity index (χ1v) is 7.43. The van der Waals surface area contributed by atoms with Crippen LogP contribution in [0.15, 0.2) is 72.8 Å². The third-order valence-corrected chi connectivity index (χ3v) is 3.67. The average molecular weight is 320 g/mol. The van der Waals surface area contributed by atoms with Gasteiger partial charge < -0.3 is 10.1 Å². The minimum atomic E-state index is -0.408. The first-order chi connectivity index (χ1) is 11.7. The molecular weight excluding hydrogens is 304 g/mol. The highest BCUT2D eigenvalue weighted by Crippen LogP contribution is 2.38. The third-order valence-electron chi connectivity index (χ3n) is 3.67. The molecule has 120 valence electrons. The Morgan fingerprint density at radius 3 is 2.25 bits per heavy atom. The maximum absolute atomic E-state index is 10.8. The van der Waals surface area contributed by atoms with Crippen molar-refractivity contribution in [3.63, 3.8) is 0 Å². The lowest BCUT2D eigenvalue weighted by Crippen LogP contribution is -1.96. The fraction of sp³-hybridized carbons (Fsp3) is 0.0526. The molecule has 0 spiro atoms. The summed E-state index contributed by atoms with van der Waals surface area (Å²) < 4.78 is 5.48. The van der Waals surface area contributed by atoms with Crippen molar-refractivity contribution >= 4 is 17.1 Å². The molecule has 3 rings (SSSR count). The van der Waals surface area contributed by atoms with Gasteiger partial charge in [-0.05, 0) is 42.0 Å². The van der Waals surface area contributed by atoms with Gasteiger partial charge in [0.2, 0.25) is 0 Å². The van der Waals surface area contributed by atoms with Crippen LogP contribution in [-0.2, 0) is 0 Å². The van der Waals surface area contributed by atoms with E-state index in [-0.39, 0.29) is 5.69 Å². The number of ether oxygens (including phenoxy) is 1. The Balaban J connectivity index is 2.06. The number of para-hydroxylation sites is 1. The smallest absolute Gasteiger partial charge is 0.269 e. The van der Waals surface area contributed by atoms with Crippen LogP contribution in [0.2, 0.25) is 0 Å². The van der Waals surface area contributed by atoms with Gasteiger partial charge in [-0.2, -0.15) is 0 Å². The molecule has 3 aromatic rings. The number of nitro groups is 1. The van der Waals surface area contributed by atoms with Crippen molar-refractivity contribution in [2.45, 2.75) is 0 Å². The van der Waals surface area contributed by atoms with E-state index in [1.54, 1.807) is 19.2 Å². The monoisotopic (exact) mass is 320 g/mol. The standard InChI is InChI=1S/C19H16N2O3/c1-24-18-9-5-8-17(20-15-6-3-2-4-7-15)19(18)14-10-12-16(13-11-14)21(22)23/h2-13,20H,1H3. The van der Waals surface area contributed by atoms with Gasteiger partial charge in [0.25, 0.3) is 5.69 Å². The lowest BCUT2D eigenvalue weighted by atomic mass is 10.0. The predicted molar refractivity (Wildman–Crippen MR) is 94.8 cm³/mol. The normalized spacial score (nSPS) is 10.2. The predicted octanol–water partition coefficient (Wildman–Crippen LogP) is 5.01. The Hall–Kier alpha value is -3.34. The fourth-order valence-corrected chi connectivity index (χ4v) is 2.53. The van der Waals surface area contributed by atoms with Gasteiger partial charge in [-0.3, -0.25) is 10.1 Å². The van der Waals surface area contributed by atoms with Gasteiger partial charge in [0.1, 0.15) is 5.75 Å². The van der Waals surface area contributed by atoms with Crippen molar-refractivity contribution in [1.29, 1.82) is 0 Å². The highest BCUT2D eigenvalue weighted by Gasteiger charge is 2.13. The van der Waals surface area contributed by atoms with E-state index in [4.69, 9.17) is 4.74 Å². The van der Waals surface area contributed by atoms with Crippen LogP contribution in [0.3, 0.4) is 0 Å². The van der Waals surface area contributed by atoms with E-state index in [1.807, 2.05) is 48.5 Å². The van der Waals surface area contributed by atoms with E-state index >= 15 is 0 Å². The number of rotatable bonds is 5. The van der Waals surface area contributed by atoms with Gasteiger partial charge in [-0.1, -0.05) is 24.3 Å². The van der Waals surface area contributed by atoms with Crippen LogP contribution < -0.4 is 10.1 Å². The number of nitro benzene ring substituents is 1. The molecular formula is C19H16N2O3. The van der Waals surface area contributed by atoms with Crippen molar-refractivity contribution in [2.75, 3.05) is 12.4 Å². The van der Waals surface area contributed by atoms with Crippen LogP contribution in [-0.4, -0.2) is 12.0 Å². The second kappa shape index (κ2) is 6.83. The number of hydrogen-bond donors (Lipinski definition) is 1. The quantitative estimate of drug-likeness (QED) is 0.530. The topological polar surface area (TPSA) is 64.4 Å². The Labute approximate surface area is 139 Å². The highest BCUT2D eigenvalue weighted by molar-refractivity contribution is 5.86. The lowest BCUT2D eigenvalue weighted by molar-refractivity contribution is -0.384. The molecule has 0 unspecified atom stereocenters. The summed E-state index contributed by atoms with van der Waals surface area (Å²) in [7, 11) is 1.61. The van der Waals surface area contributed by atoms with Gasteiger partial charge >= 0.3 is 0 Å². The molecule has 0 bridgehead atoms. The summed E-state index contributed by atoms with van der Waals surface area (Å²) in [5.41, 5.74) is 3.59. The van der Waals surface area contributed by atoms with Crippen molar-refractivity contribution in [3.05, 3.63) is 82.9 Å². The molecule has 5 heteroatoms. The van der Waals surface area contributed by atoms with E-state index in [0.717, 1.165) is 22.5 Å². The molecule has 0 saturated carbocycles. The molecule has 0 atom stereocenters. The van der Waals surface area contributed by atoms with Crippen molar-refractivity contribution in [2.24, 2.45) is 0 Å². The van der Waals surface area contributed by atoms with E-state index < -0.39 is 4.92 Å². The molecule has 0 aromatic heterocycles. The Morgan fingerprint density at radius 2 is 1.62 bits per heavy atom. The molecule has 0 aliphatic heterocycles. The summed E-state index contributed by atoms with van der Waals surface area (Å²) in [6.07, 6.45) is 0. The molecule has 3 aromatic carbocycles. The van der Waals surface area contributed by atoms with Crippen molar-refractivity contribution in [1.82, 2.24) is 0 Å². The average Bonchev–Trinajstić information content (AvgIpc) is 2.62. The molecule has 5 nitrogen and oxygen atoms in total. The third kappa shape index (κ3) is 3.20. The lowest BCUT2D eigenvalue weighted by Gasteiger charge is -2.16. The largest absolute Gasteiger partial charge is 0.496 e. The zero-order chi connectivity index (χ0) is 16.9. The van der Waals surface area contributed by atoms with Gasteiger partial charge in [0, 0.05) is 23.4 Å². The van der Waals surface area contributed by atoms with Gasteiger partial charge in [-0.25, -0.2) is 0 Å². The molecule has 24 heavy (non-hydrogen) atoms.